The minimum Gasteiger partial charge on any atom is -0.462 e. The first-order valence-corrected chi connectivity index (χ1v) is 21.6. The average Bonchev–Trinajstić information content (AvgIpc) is 3.17. The molecule has 0 spiro atoms. The molecule has 0 radical (unpaired) electrons. The summed E-state index contributed by atoms with van der Waals surface area (Å²) in [5.41, 5.74) is 0. The molecule has 0 heterocycles. The number of allylic oxidation sites excluding steroid dienone is 14. The lowest BCUT2D eigenvalue weighted by Gasteiger charge is -2.18. The van der Waals surface area contributed by atoms with E-state index in [-0.39, 0.29) is 31.6 Å². The Bertz CT molecular complexity index is 1090. The van der Waals surface area contributed by atoms with Crippen LogP contribution < -0.4 is 0 Å². The van der Waals surface area contributed by atoms with Gasteiger partial charge in [-0.1, -0.05) is 170 Å². The molecule has 1 atom stereocenters. The van der Waals surface area contributed by atoms with Crippen LogP contribution in [0.1, 0.15) is 181 Å². The largest absolute Gasteiger partial charge is 0.462 e. The van der Waals surface area contributed by atoms with Crippen LogP contribution in [0, 0.1) is 0 Å². The van der Waals surface area contributed by atoms with E-state index < -0.39 is 12.1 Å². The number of esters is 3. The van der Waals surface area contributed by atoms with Crippen LogP contribution >= 0.6 is 0 Å². The summed E-state index contributed by atoms with van der Waals surface area (Å²) in [6.45, 7) is 6.25. The zero-order valence-corrected chi connectivity index (χ0v) is 34.7. The Labute approximate surface area is 331 Å². The third-order valence-electron chi connectivity index (χ3n) is 8.66. The van der Waals surface area contributed by atoms with Crippen LogP contribution in [0.15, 0.2) is 85.1 Å². The monoisotopic (exact) mass is 751 g/mol. The highest BCUT2D eigenvalue weighted by molar-refractivity contribution is 5.71. The van der Waals surface area contributed by atoms with E-state index in [1.165, 1.54) is 44.9 Å². The Hall–Kier alpha value is -3.41. The van der Waals surface area contributed by atoms with Crippen LogP contribution in [0.4, 0.5) is 0 Å². The van der Waals surface area contributed by atoms with Gasteiger partial charge < -0.3 is 14.2 Å². The van der Waals surface area contributed by atoms with Crippen LogP contribution in [0.2, 0.25) is 0 Å². The zero-order valence-electron chi connectivity index (χ0n) is 34.7. The van der Waals surface area contributed by atoms with E-state index in [4.69, 9.17) is 14.2 Å². The van der Waals surface area contributed by atoms with Crippen LogP contribution in [0.25, 0.3) is 0 Å². The Balaban J connectivity index is 4.39. The molecule has 0 N–H and O–H groups in total. The van der Waals surface area contributed by atoms with Crippen molar-refractivity contribution in [3.8, 4) is 0 Å². The zero-order chi connectivity index (χ0) is 39.4. The van der Waals surface area contributed by atoms with Gasteiger partial charge in [0.2, 0.25) is 0 Å². The third kappa shape index (κ3) is 39.8. The van der Waals surface area contributed by atoms with Gasteiger partial charge in [-0.3, -0.25) is 14.4 Å². The Kier molecular flexibility index (Phi) is 39.7. The Morgan fingerprint density at radius 2 is 0.759 bits per heavy atom. The highest BCUT2D eigenvalue weighted by atomic mass is 16.6. The van der Waals surface area contributed by atoms with Crippen molar-refractivity contribution in [2.45, 2.75) is 187 Å². The molecule has 54 heavy (non-hydrogen) atoms. The normalized spacial score (nSPS) is 12.9. The number of unbranched alkanes of at least 4 members (excludes halogenated alkanes) is 12. The highest BCUT2D eigenvalue weighted by Gasteiger charge is 2.19. The topological polar surface area (TPSA) is 78.9 Å². The van der Waals surface area contributed by atoms with E-state index in [0.717, 1.165) is 89.9 Å². The first kappa shape index (κ1) is 50.6. The van der Waals surface area contributed by atoms with Gasteiger partial charge >= 0.3 is 17.9 Å². The lowest BCUT2D eigenvalue weighted by Crippen LogP contribution is -2.30. The molecule has 0 aromatic carbocycles. The van der Waals surface area contributed by atoms with Crippen molar-refractivity contribution in [2.24, 2.45) is 0 Å². The number of ether oxygens (including phenoxy) is 3. The highest BCUT2D eigenvalue weighted by Crippen LogP contribution is 2.12. The predicted octanol–water partition coefficient (Wildman–Crippen LogP) is 13.7. The molecule has 0 bridgehead atoms. The Morgan fingerprint density at radius 1 is 0.389 bits per heavy atom. The molecular weight excluding hydrogens is 673 g/mol. The molecule has 0 fully saturated rings. The van der Waals surface area contributed by atoms with Crippen molar-refractivity contribution in [2.75, 3.05) is 13.2 Å². The second-order valence-electron chi connectivity index (χ2n) is 13.8. The van der Waals surface area contributed by atoms with E-state index in [1.807, 2.05) is 12.2 Å². The molecule has 0 aliphatic carbocycles. The summed E-state index contributed by atoms with van der Waals surface area (Å²) in [7, 11) is 0. The molecule has 6 nitrogen and oxygen atoms in total. The Morgan fingerprint density at radius 3 is 1.20 bits per heavy atom. The maximum Gasteiger partial charge on any atom is 0.306 e. The van der Waals surface area contributed by atoms with Gasteiger partial charge in [0.05, 0.1) is 0 Å². The maximum atomic E-state index is 12.6. The van der Waals surface area contributed by atoms with Crippen molar-refractivity contribution >= 4 is 17.9 Å². The first-order chi connectivity index (χ1) is 26.5. The minimum absolute atomic E-state index is 0.110. The fourth-order valence-corrected chi connectivity index (χ4v) is 5.47. The molecule has 0 aliphatic heterocycles. The lowest BCUT2D eigenvalue weighted by molar-refractivity contribution is -0.166. The summed E-state index contributed by atoms with van der Waals surface area (Å²) in [5.74, 6) is -1.02. The van der Waals surface area contributed by atoms with Gasteiger partial charge in [0, 0.05) is 19.3 Å². The van der Waals surface area contributed by atoms with Crippen molar-refractivity contribution in [3.63, 3.8) is 0 Å². The predicted molar refractivity (Wildman–Crippen MR) is 228 cm³/mol. The van der Waals surface area contributed by atoms with Gasteiger partial charge in [0.25, 0.3) is 0 Å². The SMILES string of the molecule is CC/C=C\C/C=C\C/C=C\C/C=C\CCC(=O)OC(COC(=O)CCCCCCCC)COC(=O)CCCCCCCCC/C=C\C/C=C\C/C=C\CC. The second-order valence-corrected chi connectivity index (χ2v) is 13.8. The molecule has 0 rings (SSSR count). The smallest absolute Gasteiger partial charge is 0.306 e. The number of carbonyl (C=O) groups is 3. The van der Waals surface area contributed by atoms with Gasteiger partial charge in [-0.15, -0.1) is 0 Å². The maximum absolute atomic E-state index is 12.6. The summed E-state index contributed by atoms with van der Waals surface area (Å²) < 4.78 is 16.5. The fourth-order valence-electron chi connectivity index (χ4n) is 5.47. The van der Waals surface area contributed by atoms with E-state index in [2.05, 4.69) is 93.7 Å². The summed E-state index contributed by atoms with van der Waals surface area (Å²) in [6.07, 6.45) is 53.1. The number of hydrogen-bond donors (Lipinski definition) is 0. The lowest BCUT2D eigenvalue weighted by atomic mass is 10.1. The van der Waals surface area contributed by atoms with Gasteiger partial charge in [0.15, 0.2) is 6.10 Å². The first-order valence-electron chi connectivity index (χ1n) is 21.6. The number of carbonyl (C=O) groups excluding carboxylic acids is 3. The van der Waals surface area contributed by atoms with Crippen LogP contribution in [-0.2, 0) is 28.6 Å². The molecular formula is C48H78O6. The van der Waals surface area contributed by atoms with Crippen LogP contribution in [0.5, 0.6) is 0 Å². The van der Waals surface area contributed by atoms with Gasteiger partial charge in [-0.25, -0.2) is 0 Å². The molecule has 6 heteroatoms. The van der Waals surface area contributed by atoms with Crippen molar-refractivity contribution in [3.05, 3.63) is 85.1 Å². The quantitative estimate of drug-likeness (QED) is 0.0272. The molecule has 1 unspecified atom stereocenters. The molecule has 0 saturated heterocycles. The third-order valence-corrected chi connectivity index (χ3v) is 8.66. The molecule has 0 aliphatic rings. The molecule has 306 valence electrons. The van der Waals surface area contributed by atoms with Crippen molar-refractivity contribution < 1.29 is 28.6 Å². The summed E-state index contributed by atoms with van der Waals surface area (Å²) in [4.78, 5) is 37.5. The van der Waals surface area contributed by atoms with Gasteiger partial charge in [-0.2, -0.15) is 0 Å². The minimum atomic E-state index is -0.813. The standard InChI is InChI=1S/C48H78O6/c1-4-7-10-13-16-18-20-22-23-24-25-27-28-30-32-35-38-41-47(50)53-44-45(43-52-46(49)40-37-34-15-12-9-6-3)54-48(51)42-39-36-33-31-29-26-21-19-17-14-11-8-5-2/h7-8,10-11,16-19,22-23,26,29,33,36,45H,4-6,9,12-15,20-21,24-25,27-28,30-32,34-35,37-44H2,1-3H3/b10-7-,11-8-,18-16-,19-17-,23-22-,29-26-,36-33-. The summed E-state index contributed by atoms with van der Waals surface area (Å²) in [6, 6.07) is 0. The van der Waals surface area contributed by atoms with Crippen LogP contribution in [-0.4, -0.2) is 37.2 Å². The average molecular weight is 751 g/mol. The number of hydrogen-bond acceptors (Lipinski definition) is 6. The second kappa shape index (κ2) is 42.3. The van der Waals surface area contributed by atoms with E-state index in [9.17, 15) is 14.4 Å². The van der Waals surface area contributed by atoms with E-state index in [0.29, 0.717) is 19.3 Å². The molecule has 0 saturated carbocycles. The molecule has 0 aromatic heterocycles. The summed E-state index contributed by atoms with van der Waals surface area (Å²) >= 11 is 0. The van der Waals surface area contributed by atoms with E-state index in [1.54, 1.807) is 0 Å². The van der Waals surface area contributed by atoms with Crippen molar-refractivity contribution in [1.29, 1.82) is 0 Å². The van der Waals surface area contributed by atoms with Gasteiger partial charge in [0.1, 0.15) is 13.2 Å². The van der Waals surface area contributed by atoms with Crippen molar-refractivity contribution in [1.82, 2.24) is 0 Å². The van der Waals surface area contributed by atoms with E-state index >= 15 is 0 Å². The molecule has 0 aromatic rings. The summed E-state index contributed by atoms with van der Waals surface area (Å²) in [5, 5.41) is 0. The molecule has 0 amide bonds. The van der Waals surface area contributed by atoms with Gasteiger partial charge in [-0.05, 0) is 77.0 Å². The fraction of sp³-hybridized carbons (Fsp3) is 0.646. The van der Waals surface area contributed by atoms with Crippen LogP contribution in [0.3, 0.4) is 0 Å². The number of rotatable bonds is 37.